The Bertz CT molecular complexity index is 915. The molecule has 3 aromatic rings. The summed E-state index contributed by atoms with van der Waals surface area (Å²) in [7, 11) is 4.70. The standard InChI is InChI=1S/C18H21ClN4O3/c1-9(2)15-11-8-14(19)21-18(16(11)23-22-15)20-10-6-12(24-3)17(26-5)13(7-10)25-4/h6-9H,1-5H3,(H,20,21)(H,22,23). The van der Waals surface area contributed by atoms with E-state index in [9.17, 15) is 0 Å². The van der Waals surface area contributed by atoms with Crippen LogP contribution in [-0.2, 0) is 0 Å². The fourth-order valence-corrected chi connectivity index (χ4v) is 3.01. The van der Waals surface area contributed by atoms with Gasteiger partial charge in [0.1, 0.15) is 10.7 Å². The van der Waals surface area contributed by atoms with E-state index in [1.807, 2.05) is 6.07 Å². The average Bonchev–Trinajstić information content (AvgIpc) is 3.04. The van der Waals surface area contributed by atoms with E-state index < -0.39 is 0 Å². The summed E-state index contributed by atoms with van der Waals surface area (Å²) in [6.45, 7) is 4.18. The maximum atomic E-state index is 6.23. The smallest absolute Gasteiger partial charge is 0.203 e. The Kier molecular flexibility index (Phi) is 5.08. The van der Waals surface area contributed by atoms with Crippen molar-refractivity contribution in [3.05, 3.63) is 29.0 Å². The summed E-state index contributed by atoms with van der Waals surface area (Å²) in [4.78, 5) is 4.38. The summed E-state index contributed by atoms with van der Waals surface area (Å²) >= 11 is 6.23. The van der Waals surface area contributed by atoms with Gasteiger partial charge in [-0.2, -0.15) is 5.10 Å². The van der Waals surface area contributed by atoms with Gasteiger partial charge in [0.05, 0.1) is 21.3 Å². The van der Waals surface area contributed by atoms with Crippen LogP contribution < -0.4 is 19.5 Å². The quantitative estimate of drug-likeness (QED) is 0.616. The number of H-pyrrole nitrogens is 1. The van der Waals surface area contributed by atoms with E-state index in [1.165, 1.54) is 0 Å². The third-order valence-electron chi connectivity index (χ3n) is 4.04. The number of nitrogens with zero attached hydrogens (tertiary/aromatic N) is 2. The van der Waals surface area contributed by atoms with Crippen molar-refractivity contribution >= 4 is 34.0 Å². The maximum absolute atomic E-state index is 6.23. The highest BCUT2D eigenvalue weighted by molar-refractivity contribution is 6.30. The molecule has 2 N–H and O–H groups in total. The molecule has 138 valence electrons. The minimum absolute atomic E-state index is 0.285. The number of fused-ring (bicyclic) bond motifs is 1. The van der Waals surface area contributed by atoms with Gasteiger partial charge in [0, 0.05) is 28.9 Å². The van der Waals surface area contributed by atoms with Gasteiger partial charge in [-0.3, -0.25) is 5.10 Å². The lowest BCUT2D eigenvalue weighted by Gasteiger charge is -2.15. The molecule has 0 bridgehead atoms. The second kappa shape index (κ2) is 7.29. The molecule has 0 saturated carbocycles. The Morgan fingerprint density at radius 2 is 1.69 bits per heavy atom. The van der Waals surface area contributed by atoms with Gasteiger partial charge in [0.25, 0.3) is 0 Å². The predicted molar refractivity (Wildman–Crippen MR) is 102 cm³/mol. The van der Waals surface area contributed by atoms with Gasteiger partial charge < -0.3 is 19.5 Å². The Morgan fingerprint density at radius 1 is 1.04 bits per heavy atom. The lowest BCUT2D eigenvalue weighted by molar-refractivity contribution is 0.324. The van der Waals surface area contributed by atoms with Crippen LogP contribution in [-0.4, -0.2) is 36.5 Å². The summed E-state index contributed by atoms with van der Waals surface area (Å²) in [6, 6.07) is 5.41. The monoisotopic (exact) mass is 376 g/mol. The molecule has 8 heteroatoms. The molecule has 0 spiro atoms. The number of nitrogens with one attached hydrogen (secondary N) is 2. The van der Waals surface area contributed by atoms with Crippen LogP contribution in [0.1, 0.15) is 25.5 Å². The summed E-state index contributed by atoms with van der Waals surface area (Å²) < 4.78 is 16.1. The number of anilines is 2. The van der Waals surface area contributed by atoms with Gasteiger partial charge in [-0.25, -0.2) is 4.98 Å². The SMILES string of the molecule is COc1cc(Nc2nc(Cl)cc3c(C(C)C)[nH]nc23)cc(OC)c1OC. The molecule has 0 atom stereocenters. The zero-order valence-electron chi connectivity index (χ0n) is 15.3. The molecule has 0 unspecified atom stereocenters. The largest absolute Gasteiger partial charge is 0.493 e. The van der Waals surface area contributed by atoms with Gasteiger partial charge in [0.15, 0.2) is 17.3 Å². The number of aromatic amines is 1. The lowest BCUT2D eigenvalue weighted by Crippen LogP contribution is -1.99. The van der Waals surface area contributed by atoms with Crippen LogP contribution in [0.5, 0.6) is 17.2 Å². The number of rotatable bonds is 6. The first-order chi connectivity index (χ1) is 12.5. The molecular weight excluding hydrogens is 356 g/mol. The molecule has 0 aliphatic rings. The van der Waals surface area contributed by atoms with E-state index in [4.69, 9.17) is 25.8 Å². The number of hydrogen-bond acceptors (Lipinski definition) is 6. The highest BCUT2D eigenvalue weighted by Crippen LogP contribution is 2.41. The van der Waals surface area contributed by atoms with E-state index in [-0.39, 0.29) is 5.92 Å². The van der Waals surface area contributed by atoms with E-state index in [2.05, 4.69) is 34.3 Å². The molecule has 1 aromatic carbocycles. The highest BCUT2D eigenvalue weighted by atomic mass is 35.5. The van der Waals surface area contributed by atoms with Crippen molar-refractivity contribution in [3.8, 4) is 17.2 Å². The molecule has 0 aliphatic carbocycles. The number of pyridine rings is 1. The molecule has 0 radical (unpaired) electrons. The van der Waals surface area contributed by atoms with Crippen molar-refractivity contribution in [2.75, 3.05) is 26.6 Å². The van der Waals surface area contributed by atoms with E-state index in [1.54, 1.807) is 33.5 Å². The number of benzene rings is 1. The first-order valence-corrected chi connectivity index (χ1v) is 8.47. The van der Waals surface area contributed by atoms with Gasteiger partial charge in [-0.05, 0) is 12.0 Å². The third-order valence-corrected chi connectivity index (χ3v) is 4.24. The Labute approximate surface area is 156 Å². The van der Waals surface area contributed by atoms with Crippen LogP contribution in [0.3, 0.4) is 0 Å². The molecule has 0 saturated heterocycles. The minimum atomic E-state index is 0.285. The van der Waals surface area contributed by atoms with Crippen molar-refractivity contribution < 1.29 is 14.2 Å². The summed E-state index contributed by atoms with van der Waals surface area (Å²) in [6.07, 6.45) is 0. The van der Waals surface area contributed by atoms with Crippen molar-refractivity contribution in [3.63, 3.8) is 0 Å². The van der Waals surface area contributed by atoms with Gasteiger partial charge >= 0.3 is 0 Å². The molecule has 0 amide bonds. The molecular formula is C18H21ClN4O3. The summed E-state index contributed by atoms with van der Waals surface area (Å²) in [5.41, 5.74) is 2.44. The zero-order valence-corrected chi connectivity index (χ0v) is 16.1. The lowest BCUT2D eigenvalue weighted by atomic mass is 10.1. The number of ether oxygens (including phenoxy) is 3. The molecule has 7 nitrogen and oxygen atoms in total. The van der Waals surface area contributed by atoms with Crippen LogP contribution in [0, 0.1) is 0 Å². The topological polar surface area (TPSA) is 81.3 Å². The van der Waals surface area contributed by atoms with Crippen molar-refractivity contribution in [2.24, 2.45) is 0 Å². The number of halogens is 1. The normalized spacial score (nSPS) is 11.0. The fraction of sp³-hybridized carbons (Fsp3) is 0.333. The zero-order chi connectivity index (χ0) is 18.8. The maximum Gasteiger partial charge on any atom is 0.203 e. The number of hydrogen-bond donors (Lipinski definition) is 2. The van der Waals surface area contributed by atoms with E-state index in [0.29, 0.717) is 39.4 Å². The summed E-state index contributed by atoms with van der Waals surface area (Å²) in [5, 5.41) is 12.0. The van der Waals surface area contributed by atoms with Gasteiger partial charge in [-0.15, -0.1) is 0 Å². The van der Waals surface area contributed by atoms with E-state index >= 15 is 0 Å². The third kappa shape index (κ3) is 3.22. The van der Waals surface area contributed by atoms with Crippen LogP contribution >= 0.6 is 11.6 Å². The second-order valence-corrected chi connectivity index (χ2v) is 6.41. The average molecular weight is 377 g/mol. The first kappa shape index (κ1) is 18.1. The Hall–Kier alpha value is -2.67. The minimum Gasteiger partial charge on any atom is -0.493 e. The first-order valence-electron chi connectivity index (χ1n) is 8.10. The number of methoxy groups -OCH3 is 3. The molecule has 2 aromatic heterocycles. The molecule has 26 heavy (non-hydrogen) atoms. The Balaban J connectivity index is 2.09. The molecule has 3 rings (SSSR count). The highest BCUT2D eigenvalue weighted by Gasteiger charge is 2.17. The molecule has 0 aliphatic heterocycles. The Morgan fingerprint density at radius 3 is 2.23 bits per heavy atom. The van der Waals surface area contributed by atoms with Crippen molar-refractivity contribution in [2.45, 2.75) is 19.8 Å². The van der Waals surface area contributed by atoms with Gasteiger partial charge in [-0.1, -0.05) is 25.4 Å². The van der Waals surface area contributed by atoms with Crippen LogP contribution in [0.25, 0.3) is 10.9 Å². The molecule has 2 heterocycles. The van der Waals surface area contributed by atoms with Crippen molar-refractivity contribution in [1.82, 2.24) is 15.2 Å². The number of aromatic nitrogens is 3. The van der Waals surface area contributed by atoms with Crippen molar-refractivity contribution in [1.29, 1.82) is 0 Å². The van der Waals surface area contributed by atoms with Crippen LogP contribution in [0.15, 0.2) is 18.2 Å². The van der Waals surface area contributed by atoms with Crippen LogP contribution in [0.2, 0.25) is 5.15 Å². The molecule has 0 fully saturated rings. The summed E-state index contributed by atoms with van der Waals surface area (Å²) in [5.74, 6) is 2.43. The predicted octanol–water partition coefficient (Wildman–Crippen LogP) is 4.50. The van der Waals surface area contributed by atoms with E-state index in [0.717, 1.165) is 11.1 Å². The van der Waals surface area contributed by atoms with Crippen LogP contribution in [0.4, 0.5) is 11.5 Å². The van der Waals surface area contributed by atoms with Gasteiger partial charge in [0.2, 0.25) is 5.75 Å². The second-order valence-electron chi connectivity index (χ2n) is 6.02. The fourth-order valence-electron chi connectivity index (χ4n) is 2.82.